The van der Waals surface area contributed by atoms with Gasteiger partial charge in [0.05, 0.1) is 0 Å². The molecular weight excluding hydrogens is 190 g/mol. The third kappa shape index (κ3) is 5.98. The molecule has 0 aromatic heterocycles. The topological polar surface area (TPSA) is 84.2 Å². The molecule has 0 saturated heterocycles. The van der Waals surface area contributed by atoms with E-state index in [1.165, 1.54) is 7.05 Å². The van der Waals surface area contributed by atoms with Crippen LogP contribution in [0.5, 0.6) is 0 Å². The molecule has 0 saturated carbocycles. The van der Waals surface area contributed by atoms with Crippen LogP contribution in [0, 0.1) is 0 Å². The van der Waals surface area contributed by atoms with Gasteiger partial charge in [0.2, 0.25) is 0 Å². The van der Waals surface area contributed by atoms with Crippen molar-refractivity contribution in [2.75, 3.05) is 13.6 Å². The van der Waals surface area contributed by atoms with Crippen molar-refractivity contribution in [3.63, 3.8) is 0 Å². The summed E-state index contributed by atoms with van der Waals surface area (Å²) in [6.45, 7) is 2.39. The highest BCUT2D eigenvalue weighted by Crippen LogP contribution is 1.99. The fraction of sp³-hybridized carbons (Fsp3) is 1.00. The highest BCUT2D eigenvalue weighted by molar-refractivity contribution is 7.87. The van der Waals surface area contributed by atoms with E-state index in [1.54, 1.807) is 0 Å². The van der Waals surface area contributed by atoms with Crippen LogP contribution in [0.15, 0.2) is 0 Å². The minimum atomic E-state index is -3.34. The van der Waals surface area contributed by atoms with Crippen LogP contribution >= 0.6 is 0 Å². The van der Waals surface area contributed by atoms with Crippen LogP contribution in [-0.2, 0) is 10.2 Å². The Labute approximate surface area is 80.3 Å². The highest BCUT2D eigenvalue weighted by atomic mass is 32.2. The van der Waals surface area contributed by atoms with Gasteiger partial charge in [-0.05, 0) is 6.42 Å². The average molecular weight is 209 g/mol. The Morgan fingerprint density at radius 3 is 2.46 bits per heavy atom. The molecule has 13 heavy (non-hydrogen) atoms. The van der Waals surface area contributed by atoms with Gasteiger partial charge < -0.3 is 5.73 Å². The Bertz CT molecular complexity index is 216. The van der Waals surface area contributed by atoms with Gasteiger partial charge in [-0.3, -0.25) is 0 Å². The van der Waals surface area contributed by atoms with Gasteiger partial charge in [0.15, 0.2) is 0 Å². The van der Waals surface area contributed by atoms with E-state index < -0.39 is 10.2 Å². The fourth-order valence-corrected chi connectivity index (χ4v) is 1.72. The van der Waals surface area contributed by atoms with E-state index in [4.69, 9.17) is 5.73 Å². The second kappa shape index (κ2) is 6.31. The molecule has 0 aliphatic heterocycles. The third-order valence-corrected chi connectivity index (χ3v) is 2.96. The van der Waals surface area contributed by atoms with E-state index in [-0.39, 0.29) is 6.04 Å². The van der Waals surface area contributed by atoms with E-state index in [1.807, 2.05) is 0 Å². The predicted molar refractivity (Wildman–Crippen MR) is 53.5 cm³/mol. The Hall–Kier alpha value is -0.170. The van der Waals surface area contributed by atoms with Crippen molar-refractivity contribution >= 4 is 10.2 Å². The lowest BCUT2D eigenvalue weighted by Crippen LogP contribution is -2.44. The van der Waals surface area contributed by atoms with E-state index in [9.17, 15) is 8.42 Å². The molecule has 1 atom stereocenters. The van der Waals surface area contributed by atoms with Crippen molar-refractivity contribution in [1.29, 1.82) is 0 Å². The summed E-state index contributed by atoms with van der Waals surface area (Å²) in [5.74, 6) is 0. The van der Waals surface area contributed by atoms with Crippen molar-refractivity contribution in [2.45, 2.75) is 32.2 Å². The van der Waals surface area contributed by atoms with Crippen molar-refractivity contribution in [2.24, 2.45) is 5.73 Å². The fourth-order valence-electron chi connectivity index (χ4n) is 0.954. The molecule has 1 unspecified atom stereocenters. The first-order valence-corrected chi connectivity index (χ1v) is 5.95. The molecule has 0 radical (unpaired) electrons. The van der Waals surface area contributed by atoms with Crippen molar-refractivity contribution in [3.05, 3.63) is 0 Å². The molecule has 0 bridgehead atoms. The zero-order chi connectivity index (χ0) is 10.3. The molecule has 0 rings (SSSR count). The van der Waals surface area contributed by atoms with Crippen molar-refractivity contribution < 1.29 is 8.42 Å². The van der Waals surface area contributed by atoms with Gasteiger partial charge in [-0.1, -0.05) is 19.8 Å². The van der Waals surface area contributed by atoms with Gasteiger partial charge in [0, 0.05) is 19.6 Å². The Balaban J connectivity index is 3.97. The standard InChI is InChI=1S/C7H19N3O2S/c1-3-4-5-7(6-8)10-13(11,12)9-2/h7,9-10H,3-6,8H2,1-2H3. The maximum Gasteiger partial charge on any atom is 0.276 e. The predicted octanol–water partition coefficient (Wildman–Crippen LogP) is -0.442. The SMILES string of the molecule is CCCCC(CN)NS(=O)(=O)NC. The molecule has 4 N–H and O–H groups in total. The number of nitrogens with one attached hydrogen (secondary N) is 2. The van der Waals surface area contributed by atoms with Gasteiger partial charge in [-0.15, -0.1) is 0 Å². The zero-order valence-corrected chi connectivity index (χ0v) is 9.02. The molecule has 0 aromatic rings. The number of rotatable bonds is 7. The summed E-state index contributed by atoms with van der Waals surface area (Å²) in [5, 5.41) is 0. The summed E-state index contributed by atoms with van der Waals surface area (Å²) < 4.78 is 26.8. The quantitative estimate of drug-likeness (QED) is 0.531. The molecule has 0 spiro atoms. The largest absolute Gasteiger partial charge is 0.329 e. The van der Waals surface area contributed by atoms with Crippen LogP contribution < -0.4 is 15.2 Å². The van der Waals surface area contributed by atoms with Gasteiger partial charge >= 0.3 is 0 Å². The number of hydrogen-bond donors (Lipinski definition) is 3. The molecule has 0 amide bonds. The van der Waals surface area contributed by atoms with Gasteiger partial charge in [-0.25, -0.2) is 4.72 Å². The van der Waals surface area contributed by atoms with E-state index in [2.05, 4.69) is 16.4 Å². The Morgan fingerprint density at radius 1 is 1.46 bits per heavy atom. The molecule has 80 valence electrons. The van der Waals surface area contributed by atoms with E-state index >= 15 is 0 Å². The lowest BCUT2D eigenvalue weighted by atomic mass is 10.1. The summed E-state index contributed by atoms with van der Waals surface area (Å²) in [6, 6.07) is -0.155. The molecule has 5 nitrogen and oxygen atoms in total. The lowest BCUT2D eigenvalue weighted by Gasteiger charge is -2.15. The average Bonchev–Trinajstić information content (AvgIpc) is 2.12. The highest BCUT2D eigenvalue weighted by Gasteiger charge is 2.13. The van der Waals surface area contributed by atoms with Crippen LogP contribution in [0.3, 0.4) is 0 Å². The Morgan fingerprint density at radius 2 is 2.08 bits per heavy atom. The second-order valence-electron chi connectivity index (χ2n) is 2.90. The summed E-state index contributed by atoms with van der Waals surface area (Å²) in [4.78, 5) is 0. The molecule has 0 aliphatic rings. The minimum absolute atomic E-state index is 0.155. The van der Waals surface area contributed by atoms with Gasteiger partial charge in [0.1, 0.15) is 0 Å². The number of hydrogen-bond acceptors (Lipinski definition) is 3. The number of unbranched alkanes of at least 4 members (excludes halogenated alkanes) is 1. The summed E-state index contributed by atoms with van der Waals surface area (Å²) in [5.41, 5.74) is 5.42. The van der Waals surface area contributed by atoms with E-state index in [0.717, 1.165) is 19.3 Å². The normalized spacial score (nSPS) is 14.4. The van der Waals surface area contributed by atoms with Crippen LogP contribution in [-0.4, -0.2) is 28.1 Å². The molecular formula is C7H19N3O2S. The third-order valence-electron chi connectivity index (χ3n) is 1.78. The lowest BCUT2D eigenvalue weighted by molar-refractivity contribution is 0.511. The van der Waals surface area contributed by atoms with Crippen LogP contribution in [0.25, 0.3) is 0 Å². The van der Waals surface area contributed by atoms with Crippen molar-refractivity contribution in [1.82, 2.24) is 9.44 Å². The monoisotopic (exact) mass is 209 g/mol. The summed E-state index contributed by atoms with van der Waals surface area (Å²) in [7, 11) is -1.97. The van der Waals surface area contributed by atoms with Gasteiger partial charge in [0.25, 0.3) is 10.2 Å². The Kier molecular flexibility index (Phi) is 6.23. The smallest absolute Gasteiger partial charge is 0.276 e. The zero-order valence-electron chi connectivity index (χ0n) is 8.21. The maximum absolute atomic E-state index is 11.1. The van der Waals surface area contributed by atoms with Crippen LogP contribution in [0.2, 0.25) is 0 Å². The van der Waals surface area contributed by atoms with Crippen LogP contribution in [0.4, 0.5) is 0 Å². The number of nitrogens with two attached hydrogens (primary N) is 1. The first kappa shape index (κ1) is 12.8. The van der Waals surface area contributed by atoms with Crippen LogP contribution in [0.1, 0.15) is 26.2 Å². The second-order valence-corrected chi connectivity index (χ2v) is 4.55. The molecule has 0 heterocycles. The van der Waals surface area contributed by atoms with Crippen molar-refractivity contribution in [3.8, 4) is 0 Å². The summed E-state index contributed by atoms with van der Waals surface area (Å²) in [6.07, 6.45) is 2.81. The minimum Gasteiger partial charge on any atom is -0.329 e. The maximum atomic E-state index is 11.1. The molecule has 0 aliphatic carbocycles. The molecule has 0 fully saturated rings. The molecule has 6 heteroatoms. The van der Waals surface area contributed by atoms with E-state index in [0.29, 0.717) is 6.54 Å². The van der Waals surface area contributed by atoms with Gasteiger partial charge in [-0.2, -0.15) is 13.1 Å². The molecule has 0 aromatic carbocycles. The first-order chi connectivity index (χ1) is 6.05. The summed E-state index contributed by atoms with van der Waals surface area (Å²) >= 11 is 0. The first-order valence-electron chi connectivity index (χ1n) is 4.46.